The minimum atomic E-state index is 0. The Morgan fingerprint density at radius 3 is 3.00 bits per heavy atom. The number of hydrogen-bond acceptors (Lipinski definition) is 3. The van der Waals surface area contributed by atoms with E-state index < -0.39 is 0 Å². The second kappa shape index (κ2) is 11.7. The van der Waals surface area contributed by atoms with Crippen LogP contribution in [0.4, 0.5) is 5.69 Å². The van der Waals surface area contributed by atoms with Gasteiger partial charge in [0.1, 0.15) is 0 Å². The Hall–Kier alpha value is -0.860. The van der Waals surface area contributed by atoms with E-state index in [0.29, 0.717) is 37.7 Å². The first-order valence-corrected chi connectivity index (χ1v) is 8.51. The van der Waals surface area contributed by atoms with Crippen LogP contribution in [0.3, 0.4) is 0 Å². The van der Waals surface area contributed by atoms with Crippen molar-refractivity contribution in [2.45, 2.75) is 45.1 Å². The largest absolute Gasteiger partial charge is 0.379 e. The summed E-state index contributed by atoms with van der Waals surface area (Å²) in [5, 5.41) is 3.14. The van der Waals surface area contributed by atoms with Crippen molar-refractivity contribution in [1.82, 2.24) is 0 Å². The Kier molecular flexibility index (Phi) is 10.3. The first-order chi connectivity index (χ1) is 11.1. The van der Waals surface area contributed by atoms with Crippen LogP contribution in [-0.4, -0.2) is 38.4 Å². The number of anilines is 1. The molecule has 0 radical (unpaired) electrons. The summed E-state index contributed by atoms with van der Waals surface area (Å²) in [6.45, 7) is 7.27. The van der Waals surface area contributed by atoms with Crippen LogP contribution >= 0.6 is 24.0 Å². The van der Waals surface area contributed by atoms with E-state index in [0.717, 1.165) is 31.6 Å². The van der Waals surface area contributed by atoms with Gasteiger partial charge in [-0.2, -0.15) is 0 Å². The molecule has 1 aliphatic heterocycles. The van der Waals surface area contributed by atoms with Crippen molar-refractivity contribution >= 4 is 35.6 Å². The Morgan fingerprint density at radius 1 is 1.46 bits per heavy atom. The van der Waals surface area contributed by atoms with Gasteiger partial charge in [0.15, 0.2) is 5.96 Å². The third-order valence-corrected chi connectivity index (χ3v) is 3.88. The predicted octanol–water partition coefficient (Wildman–Crippen LogP) is 3.74. The fourth-order valence-electron chi connectivity index (χ4n) is 2.52. The summed E-state index contributed by atoms with van der Waals surface area (Å²) in [4.78, 5) is 4.34. The van der Waals surface area contributed by atoms with Gasteiger partial charge in [0, 0.05) is 25.4 Å². The molecule has 1 unspecified atom stereocenters. The third-order valence-electron chi connectivity index (χ3n) is 3.88. The smallest absolute Gasteiger partial charge is 0.193 e. The zero-order valence-electron chi connectivity index (χ0n) is 14.7. The van der Waals surface area contributed by atoms with Crippen LogP contribution in [-0.2, 0) is 9.47 Å². The standard InChI is InChI=1S/C18H29N3O2.HI/c1-14(2)15-6-3-7-16(12-15)21-18(19)20-9-5-10-22-13-17-8-4-11-23-17;/h3,6-7,12,14,17H,4-5,8-11,13H2,1-2H3,(H3,19,20,21);1H. The van der Waals surface area contributed by atoms with Crippen LogP contribution in [0.25, 0.3) is 0 Å². The maximum absolute atomic E-state index is 5.92. The van der Waals surface area contributed by atoms with Crippen molar-refractivity contribution in [1.29, 1.82) is 0 Å². The highest BCUT2D eigenvalue weighted by Crippen LogP contribution is 2.18. The summed E-state index contributed by atoms with van der Waals surface area (Å²) in [6.07, 6.45) is 3.42. The lowest BCUT2D eigenvalue weighted by Crippen LogP contribution is -2.23. The number of guanidine groups is 1. The zero-order valence-corrected chi connectivity index (χ0v) is 17.0. The molecule has 6 heteroatoms. The highest BCUT2D eigenvalue weighted by atomic mass is 127. The van der Waals surface area contributed by atoms with E-state index in [2.05, 4.69) is 36.3 Å². The number of aliphatic imine (C=N–C) groups is 1. The number of rotatable bonds is 8. The van der Waals surface area contributed by atoms with Crippen molar-refractivity contribution < 1.29 is 9.47 Å². The summed E-state index contributed by atoms with van der Waals surface area (Å²) in [5.41, 5.74) is 8.19. The molecule has 1 aliphatic rings. The fraction of sp³-hybridized carbons (Fsp3) is 0.611. The molecule has 5 nitrogen and oxygen atoms in total. The Labute approximate surface area is 162 Å². The van der Waals surface area contributed by atoms with Gasteiger partial charge in [0.25, 0.3) is 0 Å². The first-order valence-electron chi connectivity index (χ1n) is 8.51. The zero-order chi connectivity index (χ0) is 16.5. The van der Waals surface area contributed by atoms with Crippen molar-refractivity contribution in [3.05, 3.63) is 29.8 Å². The monoisotopic (exact) mass is 447 g/mol. The van der Waals surface area contributed by atoms with Crippen LogP contribution < -0.4 is 11.1 Å². The van der Waals surface area contributed by atoms with E-state index in [9.17, 15) is 0 Å². The second-order valence-corrected chi connectivity index (χ2v) is 6.24. The summed E-state index contributed by atoms with van der Waals surface area (Å²) in [5.74, 6) is 0.945. The van der Waals surface area contributed by atoms with Gasteiger partial charge in [-0.05, 0) is 42.9 Å². The molecule has 136 valence electrons. The van der Waals surface area contributed by atoms with Gasteiger partial charge in [0.05, 0.1) is 12.7 Å². The molecule has 0 spiro atoms. The Morgan fingerprint density at radius 2 is 2.29 bits per heavy atom. The van der Waals surface area contributed by atoms with Crippen molar-refractivity contribution in [2.75, 3.05) is 31.7 Å². The summed E-state index contributed by atoms with van der Waals surface area (Å²) >= 11 is 0. The number of benzene rings is 1. The van der Waals surface area contributed by atoms with Gasteiger partial charge in [-0.3, -0.25) is 4.99 Å². The van der Waals surface area contributed by atoms with Gasteiger partial charge in [0.2, 0.25) is 0 Å². The number of nitrogens with two attached hydrogens (primary N) is 1. The SMILES string of the molecule is CC(C)c1cccc(NC(N)=NCCCOCC2CCCO2)c1.I. The fourth-order valence-corrected chi connectivity index (χ4v) is 2.52. The number of ether oxygens (including phenoxy) is 2. The van der Waals surface area contributed by atoms with Gasteiger partial charge >= 0.3 is 0 Å². The van der Waals surface area contributed by atoms with Crippen LogP contribution in [0.5, 0.6) is 0 Å². The normalized spacial score (nSPS) is 17.8. The van der Waals surface area contributed by atoms with E-state index in [1.807, 2.05) is 12.1 Å². The Balaban J connectivity index is 0.00000288. The molecule has 0 saturated carbocycles. The molecular weight excluding hydrogens is 417 g/mol. The van der Waals surface area contributed by atoms with Crippen molar-refractivity contribution in [2.24, 2.45) is 10.7 Å². The minimum absolute atomic E-state index is 0. The van der Waals surface area contributed by atoms with Crippen LogP contribution in [0.15, 0.2) is 29.3 Å². The van der Waals surface area contributed by atoms with E-state index in [4.69, 9.17) is 15.2 Å². The highest BCUT2D eigenvalue weighted by molar-refractivity contribution is 14.0. The molecule has 0 aliphatic carbocycles. The van der Waals surface area contributed by atoms with E-state index in [1.165, 1.54) is 5.56 Å². The van der Waals surface area contributed by atoms with E-state index in [-0.39, 0.29) is 24.0 Å². The quantitative estimate of drug-likeness (QED) is 0.276. The van der Waals surface area contributed by atoms with E-state index in [1.54, 1.807) is 0 Å². The lowest BCUT2D eigenvalue weighted by Gasteiger charge is -2.10. The molecule has 0 bridgehead atoms. The molecule has 3 N–H and O–H groups in total. The molecule has 1 aromatic rings. The van der Waals surface area contributed by atoms with Crippen LogP contribution in [0, 0.1) is 0 Å². The molecule has 1 atom stereocenters. The molecule has 0 aromatic heterocycles. The summed E-state index contributed by atoms with van der Waals surface area (Å²) in [6, 6.07) is 8.26. The molecule has 1 heterocycles. The maximum atomic E-state index is 5.92. The number of nitrogens with zero attached hydrogens (tertiary/aromatic N) is 1. The van der Waals surface area contributed by atoms with Crippen molar-refractivity contribution in [3.63, 3.8) is 0 Å². The van der Waals surface area contributed by atoms with Gasteiger partial charge in [-0.15, -0.1) is 24.0 Å². The van der Waals surface area contributed by atoms with Crippen LogP contribution in [0.2, 0.25) is 0 Å². The molecule has 0 amide bonds. The predicted molar refractivity (Wildman–Crippen MR) is 110 cm³/mol. The molecule has 2 rings (SSSR count). The molecule has 24 heavy (non-hydrogen) atoms. The maximum Gasteiger partial charge on any atom is 0.193 e. The number of nitrogens with one attached hydrogen (secondary N) is 1. The van der Waals surface area contributed by atoms with Gasteiger partial charge in [-0.1, -0.05) is 26.0 Å². The van der Waals surface area contributed by atoms with Gasteiger partial charge in [-0.25, -0.2) is 0 Å². The Bertz CT molecular complexity index is 503. The molecular formula is C18H30IN3O2. The lowest BCUT2D eigenvalue weighted by molar-refractivity contribution is 0.0171. The summed E-state index contributed by atoms with van der Waals surface area (Å²) in [7, 11) is 0. The average molecular weight is 447 g/mol. The average Bonchev–Trinajstić information content (AvgIpc) is 3.04. The minimum Gasteiger partial charge on any atom is -0.379 e. The third kappa shape index (κ3) is 7.81. The van der Waals surface area contributed by atoms with Crippen molar-refractivity contribution in [3.8, 4) is 0 Å². The molecule has 1 fully saturated rings. The van der Waals surface area contributed by atoms with Gasteiger partial charge < -0.3 is 20.5 Å². The second-order valence-electron chi connectivity index (χ2n) is 6.24. The number of hydrogen-bond donors (Lipinski definition) is 2. The van der Waals surface area contributed by atoms with E-state index >= 15 is 0 Å². The van der Waals surface area contributed by atoms with Crippen LogP contribution in [0.1, 0.15) is 44.6 Å². The summed E-state index contributed by atoms with van der Waals surface area (Å²) < 4.78 is 11.1. The topological polar surface area (TPSA) is 68.9 Å². The molecule has 1 aromatic carbocycles. The highest BCUT2D eigenvalue weighted by Gasteiger charge is 2.14. The molecule has 1 saturated heterocycles. The number of halogens is 1. The lowest BCUT2D eigenvalue weighted by atomic mass is 10.0. The first kappa shape index (κ1) is 21.2.